The lowest BCUT2D eigenvalue weighted by Gasteiger charge is -2.20. The van der Waals surface area contributed by atoms with Crippen LogP contribution in [0.25, 0.3) is 10.6 Å². The molecule has 0 bridgehead atoms. The maximum atomic E-state index is 4.66. The molecule has 0 saturated heterocycles. The minimum Gasteiger partial charge on any atom is -0.305 e. The second kappa shape index (κ2) is 5.30. The van der Waals surface area contributed by atoms with Gasteiger partial charge in [-0.25, -0.2) is 0 Å². The van der Waals surface area contributed by atoms with Crippen LogP contribution in [0.5, 0.6) is 0 Å². The van der Waals surface area contributed by atoms with Crippen LogP contribution in [0.3, 0.4) is 0 Å². The van der Waals surface area contributed by atoms with E-state index in [0.29, 0.717) is 0 Å². The summed E-state index contributed by atoms with van der Waals surface area (Å²) in [7, 11) is 1.74. The summed E-state index contributed by atoms with van der Waals surface area (Å²) in [4.78, 5) is 5.97. The number of thiophene rings is 1. The SMILES string of the molecule is Cc1cnc2c(c1)N(SI)CCc1cc(Br)sc1-2. The van der Waals surface area contributed by atoms with Crippen LogP contribution in [0.1, 0.15) is 11.1 Å². The monoisotopic (exact) mass is 452 g/mol. The minimum atomic E-state index is 1.03. The molecular formula is C12H10BrIN2S2. The van der Waals surface area contributed by atoms with Crippen molar-refractivity contribution in [2.24, 2.45) is 0 Å². The molecule has 0 spiro atoms. The van der Waals surface area contributed by atoms with Crippen LogP contribution in [0.4, 0.5) is 5.69 Å². The maximum Gasteiger partial charge on any atom is 0.105 e. The second-order valence-electron chi connectivity index (χ2n) is 4.21. The van der Waals surface area contributed by atoms with Gasteiger partial charge in [0.15, 0.2) is 0 Å². The fourth-order valence-corrected chi connectivity index (χ4v) is 5.42. The molecule has 2 nitrogen and oxygen atoms in total. The molecule has 0 N–H and O–H groups in total. The largest absolute Gasteiger partial charge is 0.305 e. The van der Waals surface area contributed by atoms with E-state index in [1.165, 1.54) is 25.5 Å². The Hall–Kier alpha value is 0.210. The molecule has 0 aromatic carbocycles. The zero-order valence-corrected chi connectivity index (χ0v) is 15.0. The van der Waals surface area contributed by atoms with Gasteiger partial charge in [0.1, 0.15) is 5.69 Å². The minimum absolute atomic E-state index is 1.03. The van der Waals surface area contributed by atoms with Gasteiger partial charge in [-0.2, -0.15) is 0 Å². The molecule has 0 fully saturated rings. The fraction of sp³-hybridized carbons (Fsp3) is 0.250. The molecular weight excluding hydrogens is 443 g/mol. The number of aryl methyl sites for hydroxylation is 1. The number of fused-ring (bicyclic) bond motifs is 3. The molecule has 1 aliphatic rings. The normalized spacial score (nSPS) is 14.1. The lowest BCUT2D eigenvalue weighted by molar-refractivity contribution is 0.984. The Morgan fingerprint density at radius 2 is 2.33 bits per heavy atom. The van der Waals surface area contributed by atoms with Crippen molar-refractivity contribution in [2.45, 2.75) is 13.3 Å². The lowest BCUT2D eigenvalue weighted by atomic mass is 10.1. The Kier molecular flexibility index (Phi) is 3.89. The number of nitrogens with zero attached hydrogens (tertiary/aromatic N) is 2. The Labute approximate surface area is 135 Å². The average Bonchev–Trinajstić information content (AvgIpc) is 2.65. The second-order valence-corrected chi connectivity index (χ2v) is 8.40. The summed E-state index contributed by atoms with van der Waals surface area (Å²) in [5.41, 5.74) is 4.97. The van der Waals surface area contributed by atoms with E-state index >= 15 is 0 Å². The highest BCUT2D eigenvalue weighted by molar-refractivity contribution is 14.2. The van der Waals surface area contributed by atoms with Gasteiger partial charge in [-0.15, -0.1) is 11.3 Å². The molecule has 0 unspecified atom stereocenters. The van der Waals surface area contributed by atoms with Crippen molar-refractivity contribution >= 4 is 63.3 Å². The van der Waals surface area contributed by atoms with E-state index in [9.17, 15) is 0 Å². The predicted octanol–water partition coefficient (Wildman–Crippen LogP) is 5.24. The van der Waals surface area contributed by atoms with Gasteiger partial charge in [-0.05, 0) is 52.5 Å². The molecule has 2 aromatic rings. The van der Waals surface area contributed by atoms with Gasteiger partial charge in [0.25, 0.3) is 0 Å². The molecule has 0 atom stereocenters. The maximum absolute atomic E-state index is 4.66. The van der Waals surface area contributed by atoms with Crippen LogP contribution in [0.2, 0.25) is 0 Å². The summed E-state index contributed by atoms with van der Waals surface area (Å²) >= 11 is 7.71. The van der Waals surface area contributed by atoms with Gasteiger partial charge in [-0.3, -0.25) is 4.98 Å². The van der Waals surface area contributed by atoms with Crippen molar-refractivity contribution in [2.75, 3.05) is 10.8 Å². The van der Waals surface area contributed by atoms with Crippen molar-refractivity contribution in [1.82, 2.24) is 4.98 Å². The first kappa shape index (κ1) is 13.2. The lowest BCUT2D eigenvalue weighted by Crippen LogP contribution is -2.15. The summed E-state index contributed by atoms with van der Waals surface area (Å²) in [5.74, 6) is 0. The van der Waals surface area contributed by atoms with E-state index in [1.807, 2.05) is 6.20 Å². The van der Waals surface area contributed by atoms with Gasteiger partial charge in [0.2, 0.25) is 0 Å². The standard InChI is InChI=1S/C12H10BrIN2S2/c1-7-4-9-11(15-6-7)12-8(5-10(13)17-12)2-3-16(9)18-14/h4-6H,2-3H2,1H3. The quantitative estimate of drug-likeness (QED) is 0.434. The number of rotatable bonds is 1. The third-order valence-corrected chi connectivity index (χ3v) is 6.59. The summed E-state index contributed by atoms with van der Waals surface area (Å²) in [6.45, 7) is 3.13. The average molecular weight is 453 g/mol. The Bertz CT molecular complexity index is 600. The van der Waals surface area contributed by atoms with E-state index in [4.69, 9.17) is 0 Å². The first-order chi connectivity index (χ1) is 8.69. The van der Waals surface area contributed by atoms with Gasteiger partial charge < -0.3 is 4.31 Å². The first-order valence-corrected chi connectivity index (χ1v) is 10.4. The highest BCUT2D eigenvalue weighted by Gasteiger charge is 2.23. The van der Waals surface area contributed by atoms with Gasteiger partial charge in [0.05, 0.1) is 14.4 Å². The third-order valence-electron chi connectivity index (χ3n) is 2.93. The number of hydrogen-bond donors (Lipinski definition) is 0. The molecule has 1 aliphatic heterocycles. The summed E-state index contributed by atoms with van der Waals surface area (Å²) in [6.07, 6.45) is 3.03. The topological polar surface area (TPSA) is 16.1 Å². The smallest absolute Gasteiger partial charge is 0.105 e. The van der Waals surface area contributed by atoms with Crippen LogP contribution < -0.4 is 4.31 Å². The molecule has 3 rings (SSSR count). The fourth-order valence-electron chi connectivity index (χ4n) is 2.11. The highest BCUT2D eigenvalue weighted by atomic mass is 127. The Morgan fingerprint density at radius 1 is 1.50 bits per heavy atom. The molecule has 18 heavy (non-hydrogen) atoms. The zero-order valence-electron chi connectivity index (χ0n) is 9.61. The van der Waals surface area contributed by atoms with E-state index in [0.717, 1.165) is 18.7 Å². The van der Waals surface area contributed by atoms with Crippen molar-refractivity contribution in [3.8, 4) is 10.6 Å². The Morgan fingerprint density at radius 3 is 3.11 bits per heavy atom. The molecule has 0 aliphatic carbocycles. The van der Waals surface area contributed by atoms with Gasteiger partial charge in [-0.1, -0.05) is 0 Å². The number of halogens is 2. The zero-order chi connectivity index (χ0) is 12.7. The van der Waals surface area contributed by atoms with E-state index < -0.39 is 0 Å². The predicted molar refractivity (Wildman–Crippen MR) is 92.6 cm³/mol. The van der Waals surface area contributed by atoms with Crippen LogP contribution in [0.15, 0.2) is 22.1 Å². The van der Waals surface area contributed by atoms with Crippen LogP contribution in [0, 0.1) is 6.92 Å². The number of hydrogen-bond acceptors (Lipinski definition) is 4. The van der Waals surface area contributed by atoms with E-state index in [2.05, 4.69) is 65.5 Å². The molecule has 0 radical (unpaired) electrons. The number of aromatic nitrogens is 1. The highest BCUT2D eigenvalue weighted by Crippen LogP contribution is 2.44. The van der Waals surface area contributed by atoms with Crippen LogP contribution in [-0.2, 0) is 6.42 Å². The summed E-state index contributed by atoms with van der Waals surface area (Å²) in [5, 5.41) is 0. The molecule has 3 heterocycles. The molecule has 6 heteroatoms. The Balaban J connectivity index is 2.23. The molecule has 94 valence electrons. The molecule has 0 amide bonds. The van der Waals surface area contributed by atoms with Crippen LogP contribution in [-0.4, -0.2) is 11.5 Å². The summed E-state index contributed by atoms with van der Waals surface area (Å²) in [6, 6.07) is 4.46. The van der Waals surface area contributed by atoms with Crippen molar-refractivity contribution in [1.29, 1.82) is 0 Å². The van der Waals surface area contributed by atoms with Crippen molar-refractivity contribution < 1.29 is 0 Å². The number of anilines is 1. The van der Waals surface area contributed by atoms with E-state index in [-0.39, 0.29) is 0 Å². The van der Waals surface area contributed by atoms with Crippen molar-refractivity contribution in [3.63, 3.8) is 0 Å². The van der Waals surface area contributed by atoms with Crippen molar-refractivity contribution in [3.05, 3.63) is 33.2 Å². The van der Waals surface area contributed by atoms with Crippen LogP contribution >= 0.6 is 57.6 Å². The summed E-state index contributed by atoms with van der Waals surface area (Å²) < 4.78 is 3.52. The molecule has 0 saturated carbocycles. The van der Waals surface area contributed by atoms with E-state index in [1.54, 1.807) is 20.5 Å². The number of pyridine rings is 1. The van der Waals surface area contributed by atoms with Gasteiger partial charge >= 0.3 is 0 Å². The molecule has 2 aromatic heterocycles. The van der Waals surface area contributed by atoms with Gasteiger partial charge in [0, 0.05) is 43.1 Å². The third kappa shape index (κ3) is 2.32. The first-order valence-electron chi connectivity index (χ1n) is 5.50.